The first kappa shape index (κ1) is 16.1. The van der Waals surface area contributed by atoms with E-state index in [1.54, 1.807) is 18.2 Å². The monoisotopic (exact) mass is 300 g/mol. The van der Waals surface area contributed by atoms with Gasteiger partial charge in [-0.2, -0.15) is 0 Å². The van der Waals surface area contributed by atoms with E-state index in [1.807, 2.05) is 0 Å². The molecule has 0 aliphatic heterocycles. The summed E-state index contributed by atoms with van der Waals surface area (Å²) in [5.74, 6) is -0.540. The van der Waals surface area contributed by atoms with E-state index in [2.05, 4.69) is 10.6 Å². The number of carboxylic acid groups (broad SMARTS) is 1. The van der Waals surface area contributed by atoms with Gasteiger partial charge in [0.25, 0.3) is 0 Å². The predicted octanol–water partition coefficient (Wildman–Crippen LogP) is 2.58. The number of nitrogens with one attached hydrogen (secondary N) is 2. The Bertz CT molecular complexity index is 517. The largest absolute Gasteiger partial charge is 0.495 e. The summed E-state index contributed by atoms with van der Waals surface area (Å²) in [6.07, 6.45) is 0. The molecule has 0 heterocycles. The Morgan fingerprint density at radius 1 is 1.40 bits per heavy atom. The van der Waals surface area contributed by atoms with Crippen LogP contribution in [0.25, 0.3) is 0 Å². The van der Waals surface area contributed by atoms with Crippen molar-refractivity contribution in [2.24, 2.45) is 5.41 Å². The van der Waals surface area contributed by atoms with E-state index in [1.165, 1.54) is 21.0 Å². The second-order valence-electron chi connectivity index (χ2n) is 4.85. The highest BCUT2D eigenvalue weighted by Gasteiger charge is 2.27. The molecule has 110 valence electrons. The van der Waals surface area contributed by atoms with Gasteiger partial charge in [-0.05, 0) is 26.0 Å². The second-order valence-corrected chi connectivity index (χ2v) is 5.25. The van der Waals surface area contributed by atoms with E-state index in [4.69, 9.17) is 21.4 Å². The molecule has 0 spiro atoms. The molecule has 6 nitrogen and oxygen atoms in total. The average molecular weight is 301 g/mol. The normalized spacial score (nSPS) is 10.8. The molecule has 0 aromatic heterocycles. The van der Waals surface area contributed by atoms with E-state index in [0.29, 0.717) is 16.5 Å². The predicted molar refractivity (Wildman–Crippen MR) is 76.4 cm³/mol. The van der Waals surface area contributed by atoms with Crippen LogP contribution in [0.5, 0.6) is 5.75 Å². The van der Waals surface area contributed by atoms with Gasteiger partial charge >= 0.3 is 12.0 Å². The highest BCUT2D eigenvalue weighted by molar-refractivity contribution is 6.32. The summed E-state index contributed by atoms with van der Waals surface area (Å²) in [5, 5.41) is 14.4. The van der Waals surface area contributed by atoms with E-state index >= 15 is 0 Å². The van der Waals surface area contributed by atoms with Crippen molar-refractivity contribution in [3.63, 3.8) is 0 Å². The van der Waals surface area contributed by atoms with Gasteiger partial charge in [0.15, 0.2) is 0 Å². The zero-order chi connectivity index (χ0) is 15.3. The van der Waals surface area contributed by atoms with Crippen LogP contribution in [0.15, 0.2) is 18.2 Å². The van der Waals surface area contributed by atoms with Gasteiger partial charge in [0.1, 0.15) is 5.75 Å². The number of carboxylic acids is 1. The molecular formula is C13H17ClN2O4. The fourth-order valence-electron chi connectivity index (χ4n) is 1.29. The molecule has 1 aromatic carbocycles. The topological polar surface area (TPSA) is 87.7 Å². The summed E-state index contributed by atoms with van der Waals surface area (Å²) >= 11 is 5.87. The van der Waals surface area contributed by atoms with Gasteiger partial charge in [-0.1, -0.05) is 11.6 Å². The minimum absolute atomic E-state index is 0.0128. The standard InChI is InChI=1S/C13H17ClN2O4/c1-13(2,11(17)18)7-15-12(19)16-8-4-5-9(14)10(6-8)20-3/h4-6H,7H2,1-3H3,(H,17,18)(H2,15,16,19). The first-order valence-corrected chi connectivity index (χ1v) is 6.26. The number of carbonyl (C=O) groups is 2. The van der Waals surface area contributed by atoms with Crippen LogP contribution >= 0.6 is 11.6 Å². The Labute approximate surface area is 122 Å². The number of aliphatic carboxylic acids is 1. The van der Waals surface area contributed by atoms with E-state index in [0.717, 1.165) is 0 Å². The smallest absolute Gasteiger partial charge is 0.319 e. The zero-order valence-corrected chi connectivity index (χ0v) is 12.2. The third-order valence-corrected chi connectivity index (χ3v) is 2.99. The molecule has 0 fully saturated rings. The lowest BCUT2D eigenvalue weighted by Crippen LogP contribution is -2.40. The Balaban J connectivity index is 2.61. The minimum Gasteiger partial charge on any atom is -0.495 e. The molecule has 0 saturated carbocycles. The van der Waals surface area contributed by atoms with Gasteiger partial charge in [0.2, 0.25) is 0 Å². The third-order valence-electron chi connectivity index (χ3n) is 2.68. The first-order valence-electron chi connectivity index (χ1n) is 5.88. The Kier molecular flexibility index (Phi) is 5.21. The van der Waals surface area contributed by atoms with Crippen molar-refractivity contribution in [3.8, 4) is 5.75 Å². The van der Waals surface area contributed by atoms with Crippen LogP contribution in [-0.2, 0) is 4.79 Å². The van der Waals surface area contributed by atoms with Crippen molar-refractivity contribution in [3.05, 3.63) is 23.2 Å². The molecule has 2 amide bonds. The van der Waals surface area contributed by atoms with Crippen molar-refractivity contribution >= 4 is 29.3 Å². The number of carbonyl (C=O) groups excluding carboxylic acids is 1. The SMILES string of the molecule is COc1cc(NC(=O)NCC(C)(C)C(=O)O)ccc1Cl. The molecule has 0 aliphatic carbocycles. The highest BCUT2D eigenvalue weighted by atomic mass is 35.5. The minimum atomic E-state index is -1.03. The van der Waals surface area contributed by atoms with Gasteiger partial charge in [-0.15, -0.1) is 0 Å². The fourth-order valence-corrected chi connectivity index (χ4v) is 1.48. The lowest BCUT2D eigenvalue weighted by Gasteiger charge is -2.19. The van der Waals surface area contributed by atoms with Crippen molar-refractivity contribution in [2.75, 3.05) is 19.0 Å². The molecule has 20 heavy (non-hydrogen) atoms. The Morgan fingerprint density at radius 3 is 2.60 bits per heavy atom. The number of methoxy groups -OCH3 is 1. The summed E-state index contributed by atoms with van der Waals surface area (Å²) in [5.41, 5.74) is -0.536. The summed E-state index contributed by atoms with van der Waals surface area (Å²) < 4.78 is 5.03. The zero-order valence-electron chi connectivity index (χ0n) is 11.5. The molecule has 3 N–H and O–H groups in total. The number of anilines is 1. The van der Waals surface area contributed by atoms with Gasteiger partial charge in [0.05, 0.1) is 17.5 Å². The first-order chi connectivity index (χ1) is 9.26. The molecular weight excluding hydrogens is 284 g/mol. The number of urea groups is 1. The summed E-state index contributed by atoms with van der Waals surface area (Å²) in [6, 6.07) is 4.29. The summed E-state index contributed by atoms with van der Waals surface area (Å²) in [7, 11) is 1.47. The van der Waals surface area contributed by atoms with Crippen molar-refractivity contribution in [1.82, 2.24) is 5.32 Å². The van der Waals surface area contributed by atoms with Crippen LogP contribution in [0, 0.1) is 5.41 Å². The number of hydrogen-bond acceptors (Lipinski definition) is 3. The lowest BCUT2D eigenvalue weighted by molar-refractivity contribution is -0.146. The van der Waals surface area contributed by atoms with Gasteiger partial charge in [-0.25, -0.2) is 4.79 Å². The van der Waals surface area contributed by atoms with Crippen LogP contribution in [0.1, 0.15) is 13.8 Å². The quantitative estimate of drug-likeness (QED) is 0.780. The Hall–Kier alpha value is -1.95. The van der Waals surface area contributed by atoms with Crippen LogP contribution in [0.3, 0.4) is 0 Å². The average Bonchev–Trinajstić information content (AvgIpc) is 2.38. The van der Waals surface area contributed by atoms with Crippen molar-refractivity contribution in [1.29, 1.82) is 0 Å². The molecule has 0 unspecified atom stereocenters. The summed E-state index contributed by atoms with van der Waals surface area (Å²) in [6.45, 7) is 3.07. The number of rotatable bonds is 5. The maximum absolute atomic E-state index is 11.7. The maximum Gasteiger partial charge on any atom is 0.319 e. The Morgan fingerprint density at radius 2 is 2.05 bits per heavy atom. The number of hydrogen-bond donors (Lipinski definition) is 3. The van der Waals surface area contributed by atoms with Crippen LogP contribution in [0.2, 0.25) is 5.02 Å². The third kappa shape index (κ3) is 4.31. The van der Waals surface area contributed by atoms with E-state index in [-0.39, 0.29) is 6.54 Å². The van der Waals surface area contributed by atoms with Crippen LogP contribution < -0.4 is 15.4 Å². The van der Waals surface area contributed by atoms with Gasteiger partial charge in [0, 0.05) is 18.3 Å². The number of amides is 2. The lowest BCUT2D eigenvalue weighted by atomic mass is 9.94. The molecule has 0 radical (unpaired) electrons. The molecule has 7 heteroatoms. The van der Waals surface area contributed by atoms with Crippen molar-refractivity contribution < 1.29 is 19.4 Å². The highest BCUT2D eigenvalue weighted by Crippen LogP contribution is 2.27. The molecule has 0 atom stereocenters. The van der Waals surface area contributed by atoms with Gasteiger partial charge < -0.3 is 20.5 Å². The molecule has 1 rings (SSSR count). The van der Waals surface area contributed by atoms with Gasteiger partial charge in [-0.3, -0.25) is 4.79 Å². The van der Waals surface area contributed by atoms with Crippen LogP contribution in [0.4, 0.5) is 10.5 Å². The van der Waals surface area contributed by atoms with E-state index in [9.17, 15) is 9.59 Å². The maximum atomic E-state index is 11.7. The number of benzene rings is 1. The molecule has 0 saturated heterocycles. The van der Waals surface area contributed by atoms with Crippen molar-refractivity contribution in [2.45, 2.75) is 13.8 Å². The number of ether oxygens (including phenoxy) is 1. The molecule has 1 aromatic rings. The van der Waals surface area contributed by atoms with Crippen LogP contribution in [-0.4, -0.2) is 30.8 Å². The second kappa shape index (κ2) is 6.47. The molecule has 0 bridgehead atoms. The fraction of sp³-hybridized carbons (Fsp3) is 0.385. The molecule has 0 aliphatic rings. The summed E-state index contributed by atoms with van der Waals surface area (Å²) in [4.78, 5) is 22.6. The number of halogens is 1. The van der Waals surface area contributed by atoms with E-state index < -0.39 is 17.4 Å².